The SMILES string of the molecule is CCc1ccc(C2CNCCN2C(=O)Cn2nc(C)c(Cl)c2C)cc1. The first kappa shape index (κ1) is 18.0. The molecule has 25 heavy (non-hydrogen) atoms. The van der Waals surface area contributed by atoms with Gasteiger partial charge in [0.1, 0.15) is 6.54 Å². The van der Waals surface area contributed by atoms with E-state index in [1.807, 2.05) is 18.7 Å². The van der Waals surface area contributed by atoms with Crippen LogP contribution >= 0.6 is 11.6 Å². The van der Waals surface area contributed by atoms with E-state index in [1.165, 1.54) is 11.1 Å². The number of halogens is 1. The predicted octanol–water partition coefficient (Wildman–Crippen LogP) is 2.89. The minimum Gasteiger partial charge on any atom is -0.331 e. The van der Waals surface area contributed by atoms with Crippen molar-refractivity contribution in [3.05, 3.63) is 51.8 Å². The van der Waals surface area contributed by atoms with Gasteiger partial charge in [-0.3, -0.25) is 9.48 Å². The van der Waals surface area contributed by atoms with Crippen LogP contribution in [0.2, 0.25) is 5.02 Å². The largest absolute Gasteiger partial charge is 0.331 e. The van der Waals surface area contributed by atoms with Gasteiger partial charge >= 0.3 is 0 Å². The van der Waals surface area contributed by atoms with E-state index in [0.29, 0.717) is 11.6 Å². The topological polar surface area (TPSA) is 50.2 Å². The number of nitrogens with one attached hydrogen (secondary N) is 1. The number of nitrogens with zero attached hydrogens (tertiary/aromatic N) is 3. The summed E-state index contributed by atoms with van der Waals surface area (Å²) in [5, 5.41) is 8.42. The van der Waals surface area contributed by atoms with E-state index in [0.717, 1.165) is 30.9 Å². The lowest BCUT2D eigenvalue weighted by Gasteiger charge is -2.36. The van der Waals surface area contributed by atoms with Gasteiger partial charge in [-0.1, -0.05) is 42.8 Å². The molecule has 5 nitrogen and oxygen atoms in total. The summed E-state index contributed by atoms with van der Waals surface area (Å²) in [5.74, 6) is 0.0772. The smallest absolute Gasteiger partial charge is 0.244 e. The molecule has 1 aliphatic heterocycles. The molecule has 1 amide bonds. The van der Waals surface area contributed by atoms with Gasteiger partial charge in [0.15, 0.2) is 0 Å². The van der Waals surface area contributed by atoms with E-state index in [2.05, 4.69) is 41.6 Å². The quantitative estimate of drug-likeness (QED) is 0.912. The van der Waals surface area contributed by atoms with Crippen molar-refractivity contribution in [1.82, 2.24) is 20.0 Å². The van der Waals surface area contributed by atoms with Crippen LogP contribution in [0.25, 0.3) is 0 Å². The number of hydrogen-bond acceptors (Lipinski definition) is 3. The number of aryl methyl sites for hydroxylation is 2. The first-order valence-electron chi connectivity index (χ1n) is 8.79. The Morgan fingerprint density at radius 1 is 1.32 bits per heavy atom. The molecule has 6 heteroatoms. The van der Waals surface area contributed by atoms with Gasteiger partial charge in [0.2, 0.25) is 5.91 Å². The molecule has 1 unspecified atom stereocenters. The van der Waals surface area contributed by atoms with Gasteiger partial charge < -0.3 is 10.2 Å². The van der Waals surface area contributed by atoms with Crippen molar-refractivity contribution in [2.24, 2.45) is 0 Å². The molecule has 1 aliphatic rings. The molecule has 0 saturated carbocycles. The summed E-state index contributed by atoms with van der Waals surface area (Å²) in [7, 11) is 0. The maximum Gasteiger partial charge on any atom is 0.244 e. The third kappa shape index (κ3) is 3.72. The molecule has 1 aromatic carbocycles. The molecule has 0 aliphatic carbocycles. The first-order chi connectivity index (χ1) is 12.0. The molecule has 0 spiro atoms. The number of piperazine rings is 1. The zero-order chi connectivity index (χ0) is 18.0. The summed E-state index contributed by atoms with van der Waals surface area (Å²) in [4.78, 5) is 14.9. The molecular weight excluding hydrogens is 336 g/mol. The molecule has 1 fully saturated rings. The molecular formula is C19H25ClN4O. The summed E-state index contributed by atoms with van der Waals surface area (Å²) in [6, 6.07) is 8.62. The van der Waals surface area contributed by atoms with Gasteiger partial charge in [-0.2, -0.15) is 5.10 Å². The van der Waals surface area contributed by atoms with Crippen molar-refractivity contribution >= 4 is 17.5 Å². The highest BCUT2D eigenvalue weighted by Crippen LogP contribution is 2.24. The average Bonchev–Trinajstić information content (AvgIpc) is 2.88. The predicted molar refractivity (Wildman–Crippen MR) is 99.9 cm³/mol. The van der Waals surface area contributed by atoms with Gasteiger partial charge in [-0.25, -0.2) is 0 Å². The Labute approximate surface area is 154 Å². The molecule has 0 bridgehead atoms. The number of carbonyl (C=O) groups excluding carboxylic acids is 1. The van der Waals surface area contributed by atoms with Crippen LogP contribution in [0, 0.1) is 13.8 Å². The normalized spacial score (nSPS) is 17.8. The monoisotopic (exact) mass is 360 g/mol. The second kappa shape index (κ2) is 7.58. The van der Waals surface area contributed by atoms with Crippen LogP contribution in [-0.2, 0) is 17.8 Å². The number of benzene rings is 1. The van der Waals surface area contributed by atoms with Crippen molar-refractivity contribution in [3.8, 4) is 0 Å². The Balaban J connectivity index is 1.79. The Morgan fingerprint density at radius 2 is 2.04 bits per heavy atom. The summed E-state index contributed by atoms with van der Waals surface area (Å²) >= 11 is 6.20. The second-order valence-electron chi connectivity index (χ2n) is 6.54. The fraction of sp³-hybridized carbons (Fsp3) is 0.474. The van der Waals surface area contributed by atoms with Gasteiger partial charge in [0.25, 0.3) is 0 Å². The number of aromatic nitrogens is 2. The molecule has 2 heterocycles. The fourth-order valence-corrected chi connectivity index (χ4v) is 3.46. The minimum atomic E-state index is 0.0552. The lowest BCUT2D eigenvalue weighted by atomic mass is 10.0. The number of hydrogen-bond donors (Lipinski definition) is 1. The molecule has 1 aromatic heterocycles. The third-order valence-corrected chi connectivity index (χ3v) is 5.46. The van der Waals surface area contributed by atoms with Crippen LogP contribution < -0.4 is 5.32 Å². The summed E-state index contributed by atoms with van der Waals surface area (Å²) in [5.41, 5.74) is 4.08. The third-order valence-electron chi connectivity index (χ3n) is 4.91. The first-order valence-corrected chi connectivity index (χ1v) is 9.17. The molecule has 1 saturated heterocycles. The summed E-state index contributed by atoms with van der Waals surface area (Å²) in [6.45, 7) is 8.41. The highest BCUT2D eigenvalue weighted by Gasteiger charge is 2.28. The Kier molecular flexibility index (Phi) is 5.45. The van der Waals surface area contributed by atoms with Crippen LogP contribution in [0.3, 0.4) is 0 Å². The van der Waals surface area contributed by atoms with E-state index in [-0.39, 0.29) is 18.5 Å². The zero-order valence-corrected chi connectivity index (χ0v) is 15.8. The average molecular weight is 361 g/mol. The Hall–Kier alpha value is -1.85. The van der Waals surface area contributed by atoms with E-state index < -0.39 is 0 Å². The maximum atomic E-state index is 12.9. The van der Waals surface area contributed by atoms with Crippen molar-refractivity contribution in [1.29, 1.82) is 0 Å². The highest BCUT2D eigenvalue weighted by atomic mass is 35.5. The Morgan fingerprint density at radius 3 is 2.64 bits per heavy atom. The Bertz CT molecular complexity index is 754. The molecule has 3 rings (SSSR count). The number of rotatable bonds is 4. The minimum absolute atomic E-state index is 0.0552. The summed E-state index contributed by atoms with van der Waals surface area (Å²) in [6.07, 6.45) is 1.02. The van der Waals surface area contributed by atoms with Crippen molar-refractivity contribution in [2.75, 3.05) is 19.6 Å². The van der Waals surface area contributed by atoms with Gasteiger partial charge in [-0.05, 0) is 31.4 Å². The summed E-state index contributed by atoms with van der Waals surface area (Å²) < 4.78 is 1.71. The van der Waals surface area contributed by atoms with Crippen molar-refractivity contribution in [3.63, 3.8) is 0 Å². The molecule has 0 radical (unpaired) electrons. The lowest BCUT2D eigenvalue weighted by molar-refractivity contribution is -0.135. The molecule has 2 aromatic rings. The number of amides is 1. The van der Waals surface area contributed by atoms with E-state index in [4.69, 9.17) is 11.6 Å². The van der Waals surface area contributed by atoms with E-state index >= 15 is 0 Å². The molecule has 134 valence electrons. The zero-order valence-electron chi connectivity index (χ0n) is 15.1. The van der Waals surface area contributed by atoms with E-state index in [1.54, 1.807) is 4.68 Å². The second-order valence-corrected chi connectivity index (χ2v) is 6.92. The standard InChI is InChI=1S/C19H25ClN4O/c1-4-15-5-7-16(8-6-15)17-11-21-9-10-23(17)18(25)12-24-14(3)19(20)13(2)22-24/h5-8,17,21H,4,9-12H2,1-3H3. The van der Waals surface area contributed by atoms with Crippen LogP contribution in [0.4, 0.5) is 0 Å². The van der Waals surface area contributed by atoms with Crippen LogP contribution in [0.5, 0.6) is 0 Å². The lowest BCUT2D eigenvalue weighted by Crippen LogP contribution is -2.49. The van der Waals surface area contributed by atoms with Gasteiger partial charge in [0, 0.05) is 19.6 Å². The maximum absolute atomic E-state index is 12.9. The molecule has 1 N–H and O–H groups in total. The van der Waals surface area contributed by atoms with Crippen molar-refractivity contribution in [2.45, 2.75) is 39.8 Å². The van der Waals surface area contributed by atoms with Crippen LogP contribution in [0.15, 0.2) is 24.3 Å². The number of carbonyl (C=O) groups is 1. The van der Waals surface area contributed by atoms with Gasteiger partial charge in [0.05, 0.1) is 22.5 Å². The van der Waals surface area contributed by atoms with E-state index in [9.17, 15) is 4.79 Å². The molecule has 1 atom stereocenters. The van der Waals surface area contributed by atoms with Crippen LogP contribution in [0.1, 0.15) is 35.5 Å². The van der Waals surface area contributed by atoms with Crippen molar-refractivity contribution < 1.29 is 4.79 Å². The highest BCUT2D eigenvalue weighted by molar-refractivity contribution is 6.31. The van der Waals surface area contributed by atoms with Crippen LogP contribution in [-0.4, -0.2) is 40.2 Å². The fourth-order valence-electron chi connectivity index (χ4n) is 3.32. The van der Waals surface area contributed by atoms with Gasteiger partial charge in [-0.15, -0.1) is 0 Å².